The van der Waals surface area contributed by atoms with E-state index in [1.54, 1.807) is 0 Å². The van der Waals surface area contributed by atoms with Gasteiger partial charge in [0, 0.05) is 39.3 Å². The molecule has 2 rings (SSSR count). The third-order valence-electron chi connectivity index (χ3n) is 4.74. The Kier molecular flexibility index (Phi) is 7.56. The lowest BCUT2D eigenvalue weighted by molar-refractivity contribution is -0.122. The zero-order valence-electron chi connectivity index (χ0n) is 14.6. The molecule has 1 fully saturated rings. The summed E-state index contributed by atoms with van der Waals surface area (Å²) in [4.78, 5) is 16.7. The van der Waals surface area contributed by atoms with Crippen LogP contribution in [0.3, 0.4) is 0 Å². The van der Waals surface area contributed by atoms with Gasteiger partial charge in [0.1, 0.15) is 0 Å². The molecule has 1 heterocycles. The summed E-state index contributed by atoms with van der Waals surface area (Å²) in [6.07, 6.45) is 2.26. The third-order valence-corrected chi connectivity index (χ3v) is 4.74. The van der Waals surface area contributed by atoms with Gasteiger partial charge >= 0.3 is 0 Å². The van der Waals surface area contributed by atoms with Crippen LogP contribution >= 0.6 is 0 Å². The van der Waals surface area contributed by atoms with E-state index in [2.05, 4.69) is 59.3 Å². The molecule has 0 aliphatic carbocycles. The Morgan fingerprint density at radius 2 is 1.78 bits per heavy atom. The van der Waals surface area contributed by atoms with Crippen LogP contribution in [0.2, 0.25) is 0 Å². The van der Waals surface area contributed by atoms with E-state index >= 15 is 0 Å². The molecule has 1 aliphatic rings. The van der Waals surface area contributed by atoms with Gasteiger partial charge in [0.15, 0.2) is 0 Å². The highest BCUT2D eigenvalue weighted by molar-refractivity contribution is 5.77. The second-order valence-electron chi connectivity index (χ2n) is 6.69. The molecule has 1 N–H and O–H groups in total. The fourth-order valence-corrected chi connectivity index (χ4v) is 2.87. The number of hydrogen-bond donors (Lipinski definition) is 1. The fourth-order valence-electron chi connectivity index (χ4n) is 2.87. The van der Waals surface area contributed by atoms with Gasteiger partial charge < -0.3 is 5.32 Å². The van der Waals surface area contributed by atoms with Crippen LogP contribution in [0.25, 0.3) is 0 Å². The quantitative estimate of drug-likeness (QED) is 0.799. The average Bonchev–Trinajstić information content (AvgIpc) is 2.57. The summed E-state index contributed by atoms with van der Waals surface area (Å²) in [6, 6.07) is 10.6. The third kappa shape index (κ3) is 6.71. The van der Waals surface area contributed by atoms with Crippen LogP contribution in [0.5, 0.6) is 0 Å². The molecule has 1 saturated heterocycles. The van der Waals surface area contributed by atoms with Gasteiger partial charge in [0.05, 0.1) is 6.54 Å². The van der Waals surface area contributed by atoms with E-state index in [0.717, 1.165) is 45.7 Å². The van der Waals surface area contributed by atoms with Gasteiger partial charge in [-0.3, -0.25) is 14.6 Å². The first-order valence-electron chi connectivity index (χ1n) is 8.92. The van der Waals surface area contributed by atoms with Crippen molar-refractivity contribution in [3.05, 3.63) is 35.9 Å². The number of piperazine rings is 1. The Morgan fingerprint density at radius 1 is 1.13 bits per heavy atom. The maximum absolute atomic E-state index is 12.0. The molecule has 23 heavy (non-hydrogen) atoms. The SMILES string of the molecule is CCC(C)CCNC(=O)CN1CCN(Cc2ccccc2)CC1. The zero-order chi connectivity index (χ0) is 16.5. The number of carbonyl (C=O) groups is 1. The van der Waals surface area contributed by atoms with Crippen molar-refractivity contribution in [1.82, 2.24) is 15.1 Å². The summed E-state index contributed by atoms with van der Waals surface area (Å²) in [5.74, 6) is 0.863. The van der Waals surface area contributed by atoms with Gasteiger partial charge in [0.2, 0.25) is 5.91 Å². The van der Waals surface area contributed by atoms with Gasteiger partial charge in [-0.25, -0.2) is 0 Å². The predicted molar refractivity (Wildman–Crippen MR) is 95.2 cm³/mol. The number of rotatable bonds is 8. The van der Waals surface area contributed by atoms with E-state index in [-0.39, 0.29) is 5.91 Å². The van der Waals surface area contributed by atoms with Crippen molar-refractivity contribution in [1.29, 1.82) is 0 Å². The minimum Gasteiger partial charge on any atom is -0.355 e. The highest BCUT2D eigenvalue weighted by Gasteiger charge is 2.18. The number of carbonyl (C=O) groups excluding carboxylic acids is 1. The van der Waals surface area contributed by atoms with Crippen LogP contribution in [0.15, 0.2) is 30.3 Å². The molecular formula is C19H31N3O. The molecule has 1 aromatic carbocycles. The normalized spacial score (nSPS) is 17.8. The molecule has 1 unspecified atom stereocenters. The largest absolute Gasteiger partial charge is 0.355 e. The molecule has 0 bridgehead atoms. The summed E-state index contributed by atoms with van der Waals surface area (Å²) < 4.78 is 0. The molecule has 128 valence electrons. The molecule has 1 amide bonds. The molecule has 1 atom stereocenters. The van der Waals surface area contributed by atoms with Crippen molar-refractivity contribution in [2.75, 3.05) is 39.3 Å². The van der Waals surface area contributed by atoms with Crippen molar-refractivity contribution in [3.8, 4) is 0 Å². The van der Waals surface area contributed by atoms with Gasteiger partial charge in [-0.1, -0.05) is 50.6 Å². The summed E-state index contributed by atoms with van der Waals surface area (Å²) >= 11 is 0. The first-order chi connectivity index (χ1) is 11.2. The van der Waals surface area contributed by atoms with Crippen molar-refractivity contribution in [3.63, 3.8) is 0 Å². The van der Waals surface area contributed by atoms with Crippen LogP contribution in [-0.4, -0.2) is 55.0 Å². The minimum absolute atomic E-state index is 0.171. The summed E-state index contributed by atoms with van der Waals surface area (Å²) in [5, 5.41) is 3.05. The van der Waals surface area contributed by atoms with Crippen LogP contribution < -0.4 is 5.32 Å². The van der Waals surface area contributed by atoms with Crippen LogP contribution in [-0.2, 0) is 11.3 Å². The maximum atomic E-state index is 12.0. The Hall–Kier alpha value is -1.39. The zero-order valence-corrected chi connectivity index (χ0v) is 14.6. The average molecular weight is 317 g/mol. The molecule has 0 aromatic heterocycles. The number of nitrogens with zero attached hydrogens (tertiary/aromatic N) is 2. The van der Waals surface area contributed by atoms with E-state index in [9.17, 15) is 4.79 Å². The predicted octanol–water partition coefficient (Wildman–Crippen LogP) is 2.36. The number of benzene rings is 1. The monoisotopic (exact) mass is 317 g/mol. The fraction of sp³-hybridized carbons (Fsp3) is 0.632. The molecule has 0 spiro atoms. The molecular weight excluding hydrogens is 286 g/mol. The van der Waals surface area contributed by atoms with Gasteiger partial charge in [-0.15, -0.1) is 0 Å². The first-order valence-corrected chi connectivity index (χ1v) is 8.92. The van der Waals surface area contributed by atoms with Crippen LogP contribution in [0, 0.1) is 5.92 Å². The number of nitrogens with one attached hydrogen (secondary N) is 1. The molecule has 4 nitrogen and oxygen atoms in total. The van der Waals surface area contributed by atoms with E-state index in [4.69, 9.17) is 0 Å². The Bertz CT molecular complexity index is 455. The standard InChI is InChI=1S/C19H31N3O/c1-3-17(2)9-10-20-19(23)16-22-13-11-21(12-14-22)15-18-7-5-4-6-8-18/h4-8,17H,3,9-16H2,1-2H3,(H,20,23). The van der Waals surface area contributed by atoms with Gasteiger partial charge in [-0.2, -0.15) is 0 Å². The van der Waals surface area contributed by atoms with E-state index < -0.39 is 0 Å². The highest BCUT2D eigenvalue weighted by atomic mass is 16.2. The summed E-state index contributed by atoms with van der Waals surface area (Å²) in [5.41, 5.74) is 1.36. The minimum atomic E-state index is 0.171. The number of amides is 1. The topological polar surface area (TPSA) is 35.6 Å². The number of hydrogen-bond acceptors (Lipinski definition) is 3. The van der Waals surface area contributed by atoms with Crippen LogP contribution in [0.4, 0.5) is 0 Å². The van der Waals surface area contributed by atoms with Crippen LogP contribution in [0.1, 0.15) is 32.3 Å². The lowest BCUT2D eigenvalue weighted by Gasteiger charge is -2.34. The lowest BCUT2D eigenvalue weighted by atomic mass is 10.1. The Balaban J connectivity index is 1.61. The lowest BCUT2D eigenvalue weighted by Crippen LogP contribution is -2.49. The highest BCUT2D eigenvalue weighted by Crippen LogP contribution is 2.08. The van der Waals surface area contributed by atoms with Crippen molar-refractivity contribution in [2.24, 2.45) is 5.92 Å². The second-order valence-corrected chi connectivity index (χ2v) is 6.69. The van der Waals surface area contributed by atoms with Crippen molar-refractivity contribution < 1.29 is 4.79 Å². The maximum Gasteiger partial charge on any atom is 0.234 e. The smallest absolute Gasteiger partial charge is 0.234 e. The Labute approximate surface area is 140 Å². The molecule has 0 saturated carbocycles. The molecule has 1 aliphatic heterocycles. The first kappa shape index (κ1) is 18.0. The van der Waals surface area contributed by atoms with Gasteiger partial charge in [-0.05, 0) is 17.9 Å². The van der Waals surface area contributed by atoms with E-state index in [1.807, 2.05) is 0 Å². The molecule has 4 heteroatoms. The van der Waals surface area contributed by atoms with Gasteiger partial charge in [0.25, 0.3) is 0 Å². The van der Waals surface area contributed by atoms with E-state index in [1.165, 1.54) is 12.0 Å². The Morgan fingerprint density at radius 3 is 2.43 bits per heavy atom. The summed E-state index contributed by atoms with van der Waals surface area (Å²) in [6.45, 7) is 10.8. The van der Waals surface area contributed by atoms with E-state index in [0.29, 0.717) is 12.5 Å². The van der Waals surface area contributed by atoms with Crippen molar-refractivity contribution in [2.45, 2.75) is 33.2 Å². The van der Waals surface area contributed by atoms with Crippen molar-refractivity contribution >= 4 is 5.91 Å². The summed E-state index contributed by atoms with van der Waals surface area (Å²) in [7, 11) is 0. The second kappa shape index (κ2) is 9.68. The molecule has 1 aromatic rings. The molecule has 0 radical (unpaired) electrons.